The van der Waals surface area contributed by atoms with Crippen molar-refractivity contribution < 1.29 is 0 Å². The monoisotopic (exact) mass is 246 g/mol. The third-order valence-electron chi connectivity index (χ3n) is 4.56. The molecule has 0 aliphatic heterocycles. The summed E-state index contributed by atoms with van der Waals surface area (Å²) in [5.41, 5.74) is 9.27. The number of nitrogens with zero attached hydrogens (tertiary/aromatic N) is 1. The lowest BCUT2D eigenvalue weighted by atomic mass is 9.86. The number of aryl methyl sites for hydroxylation is 1. The molecule has 100 valence electrons. The molecule has 18 heavy (non-hydrogen) atoms. The van der Waals surface area contributed by atoms with Gasteiger partial charge in [-0.05, 0) is 49.3 Å². The highest BCUT2D eigenvalue weighted by atomic mass is 15.2. The Bertz CT molecular complexity index is 425. The van der Waals surface area contributed by atoms with Crippen LogP contribution in [0.2, 0.25) is 0 Å². The van der Waals surface area contributed by atoms with Gasteiger partial charge in [0.15, 0.2) is 0 Å². The van der Waals surface area contributed by atoms with Gasteiger partial charge in [-0.3, -0.25) is 0 Å². The normalized spacial score (nSPS) is 26.3. The first kappa shape index (κ1) is 13.4. The SMILES string of the molecule is Cc1cccc(N(C)C2(CN)CCC(C)(C)C2)c1. The minimum absolute atomic E-state index is 0.136. The minimum atomic E-state index is 0.136. The van der Waals surface area contributed by atoms with Gasteiger partial charge in [0.05, 0.1) is 5.54 Å². The molecule has 1 fully saturated rings. The van der Waals surface area contributed by atoms with Crippen molar-refractivity contribution in [1.82, 2.24) is 0 Å². The van der Waals surface area contributed by atoms with Crippen molar-refractivity contribution >= 4 is 5.69 Å². The standard InChI is InChI=1S/C16H26N2/c1-13-6-5-7-14(10-13)18(4)16(12-17)9-8-15(2,3)11-16/h5-7,10H,8-9,11-12,17H2,1-4H3. The summed E-state index contributed by atoms with van der Waals surface area (Å²) in [6, 6.07) is 8.72. The van der Waals surface area contributed by atoms with Gasteiger partial charge in [-0.1, -0.05) is 26.0 Å². The van der Waals surface area contributed by atoms with Crippen molar-refractivity contribution in [3.63, 3.8) is 0 Å². The summed E-state index contributed by atoms with van der Waals surface area (Å²) in [4.78, 5) is 2.41. The highest BCUT2D eigenvalue weighted by Crippen LogP contribution is 2.46. The van der Waals surface area contributed by atoms with Crippen LogP contribution < -0.4 is 10.6 Å². The molecule has 1 saturated carbocycles. The Hall–Kier alpha value is -1.02. The molecule has 0 heterocycles. The van der Waals surface area contributed by atoms with Gasteiger partial charge in [0.2, 0.25) is 0 Å². The number of likely N-dealkylation sites (N-methyl/N-ethyl adjacent to an activating group) is 1. The predicted octanol–water partition coefficient (Wildman–Crippen LogP) is 3.34. The molecular weight excluding hydrogens is 220 g/mol. The summed E-state index contributed by atoms with van der Waals surface area (Å²) < 4.78 is 0. The Labute approximate surface area is 111 Å². The van der Waals surface area contributed by atoms with Crippen LogP contribution in [0.3, 0.4) is 0 Å². The van der Waals surface area contributed by atoms with Crippen molar-refractivity contribution in [2.24, 2.45) is 11.1 Å². The van der Waals surface area contributed by atoms with E-state index in [9.17, 15) is 0 Å². The van der Waals surface area contributed by atoms with E-state index >= 15 is 0 Å². The third kappa shape index (κ3) is 2.39. The van der Waals surface area contributed by atoms with Crippen LogP contribution in [0.25, 0.3) is 0 Å². The number of benzene rings is 1. The second-order valence-electron chi connectivity index (χ2n) is 6.67. The Morgan fingerprint density at radius 3 is 2.50 bits per heavy atom. The van der Waals surface area contributed by atoms with Crippen LogP contribution in [0.5, 0.6) is 0 Å². The fraction of sp³-hybridized carbons (Fsp3) is 0.625. The van der Waals surface area contributed by atoms with E-state index in [0.717, 1.165) is 6.54 Å². The lowest BCUT2D eigenvalue weighted by Gasteiger charge is -2.41. The second-order valence-corrected chi connectivity index (χ2v) is 6.67. The molecule has 2 nitrogen and oxygen atoms in total. The summed E-state index contributed by atoms with van der Waals surface area (Å²) in [6.07, 6.45) is 3.64. The van der Waals surface area contributed by atoms with E-state index in [1.54, 1.807) is 0 Å². The van der Waals surface area contributed by atoms with Crippen LogP contribution in [0, 0.1) is 12.3 Å². The van der Waals surface area contributed by atoms with Gasteiger partial charge in [0, 0.05) is 19.3 Å². The first-order chi connectivity index (χ1) is 8.38. The van der Waals surface area contributed by atoms with Crippen LogP contribution >= 0.6 is 0 Å². The number of hydrogen-bond acceptors (Lipinski definition) is 2. The number of rotatable bonds is 3. The minimum Gasteiger partial charge on any atom is -0.368 e. The summed E-state index contributed by atoms with van der Waals surface area (Å²) in [6.45, 7) is 7.59. The van der Waals surface area contributed by atoms with Crippen LogP contribution in [0.4, 0.5) is 5.69 Å². The molecule has 0 aromatic heterocycles. The summed E-state index contributed by atoms with van der Waals surface area (Å²) in [5.74, 6) is 0. The Kier molecular flexibility index (Phi) is 3.41. The van der Waals surface area contributed by atoms with Crippen LogP contribution in [-0.4, -0.2) is 19.1 Å². The number of anilines is 1. The molecule has 1 aromatic carbocycles. The van der Waals surface area contributed by atoms with Crippen LogP contribution in [0.15, 0.2) is 24.3 Å². The van der Waals surface area contributed by atoms with Crippen LogP contribution in [-0.2, 0) is 0 Å². The maximum Gasteiger partial charge on any atom is 0.0526 e. The van der Waals surface area contributed by atoms with Gasteiger partial charge in [-0.2, -0.15) is 0 Å². The van der Waals surface area contributed by atoms with Crippen molar-refractivity contribution in [1.29, 1.82) is 0 Å². The summed E-state index contributed by atoms with van der Waals surface area (Å²) in [7, 11) is 2.20. The van der Waals surface area contributed by atoms with E-state index in [2.05, 4.69) is 57.0 Å². The van der Waals surface area contributed by atoms with Gasteiger partial charge >= 0.3 is 0 Å². The predicted molar refractivity (Wildman–Crippen MR) is 79.0 cm³/mol. The van der Waals surface area contributed by atoms with E-state index < -0.39 is 0 Å². The lowest BCUT2D eigenvalue weighted by Crippen LogP contribution is -2.51. The zero-order chi connectivity index (χ0) is 13.4. The largest absolute Gasteiger partial charge is 0.368 e. The molecule has 2 heteroatoms. The fourth-order valence-electron chi connectivity index (χ4n) is 3.35. The highest BCUT2D eigenvalue weighted by Gasteiger charge is 2.45. The number of hydrogen-bond donors (Lipinski definition) is 1. The molecule has 0 radical (unpaired) electrons. The van der Waals surface area contributed by atoms with Gasteiger partial charge in [-0.15, -0.1) is 0 Å². The molecule has 1 unspecified atom stereocenters. The average molecular weight is 246 g/mol. The van der Waals surface area contributed by atoms with E-state index in [1.165, 1.54) is 30.5 Å². The summed E-state index contributed by atoms with van der Waals surface area (Å²) in [5, 5.41) is 0. The smallest absolute Gasteiger partial charge is 0.0526 e. The highest BCUT2D eigenvalue weighted by molar-refractivity contribution is 5.50. The van der Waals surface area contributed by atoms with E-state index in [1.807, 2.05) is 0 Å². The Morgan fingerprint density at radius 1 is 1.28 bits per heavy atom. The van der Waals surface area contributed by atoms with E-state index in [-0.39, 0.29) is 5.54 Å². The molecule has 0 amide bonds. The van der Waals surface area contributed by atoms with E-state index in [0.29, 0.717) is 5.41 Å². The first-order valence-corrected chi connectivity index (χ1v) is 6.89. The van der Waals surface area contributed by atoms with Gasteiger partial charge in [-0.25, -0.2) is 0 Å². The lowest BCUT2D eigenvalue weighted by molar-refractivity contribution is 0.332. The topological polar surface area (TPSA) is 29.3 Å². The number of nitrogens with two attached hydrogens (primary N) is 1. The first-order valence-electron chi connectivity index (χ1n) is 6.89. The van der Waals surface area contributed by atoms with Crippen LogP contribution in [0.1, 0.15) is 38.7 Å². The van der Waals surface area contributed by atoms with Crippen molar-refractivity contribution in [2.75, 3.05) is 18.5 Å². The fourth-order valence-corrected chi connectivity index (χ4v) is 3.35. The second kappa shape index (κ2) is 4.58. The van der Waals surface area contributed by atoms with Gasteiger partial charge in [0.25, 0.3) is 0 Å². The Morgan fingerprint density at radius 2 is 2.00 bits per heavy atom. The molecular formula is C16H26N2. The van der Waals surface area contributed by atoms with Gasteiger partial charge < -0.3 is 10.6 Å². The molecule has 2 N–H and O–H groups in total. The molecule has 0 spiro atoms. The quantitative estimate of drug-likeness (QED) is 0.886. The van der Waals surface area contributed by atoms with Gasteiger partial charge in [0.1, 0.15) is 0 Å². The maximum absolute atomic E-state index is 6.12. The molecule has 0 saturated heterocycles. The average Bonchev–Trinajstić information content (AvgIpc) is 2.65. The molecule has 1 aliphatic carbocycles. The molecule has 1 aromatic rings. The van der Waals surface area contributed by atoms with Crippen molar-refractivity contribution in [2.45, 2.75) is 45.6 Å². The maximum atomic E-state index is 6.12. The third-order valence-corrected chi connectivity index (χ3v) is 4.56. The molecule has 1 atom stereocenters. The molecule has 1 aliphatic rings. The summed E-state index contributed by atoms with van der Waals surface area (Å²) >= 11 is 0. The zero-order valence-corrected chi connectivity index (χ0v) is 12.2. The molecule has 0 bridgehead atoms. The van der Waals surface area contributed by atoms with E-state index in [4.69, 9.17) is 5.73 Å². The molecule has 2 rings (SSSR count). The Balaban J connectivity index is 2.29. The van der Waals surface area contributed by atoms with Crippen molar-refractivity contribution in [3.05, 3.63) is 29.8 Å². The van der Waals surface area contributed by atoms with Crippen molar-refractivity contribution in [3.8, 4) is 0 Å². The zero-order valence-electron chi connectivity index (χ0n) is 12.2.